The molecule has 1 aromatic rings. The van der Waals surface area contributed by atoms with Gasteiger partial charge in [-0.05, 0) is 52.1 Å². The first-order valence-corrected chi connectivity index (χ1v) is 6.76. The average molecular weight is 275 g/mol. The molecular weight excluding hydrogens is 260 g/mol. The van der Waals surface area contributed by atoms with Crippen molar-refractivity contribution >= 4 is 27.3 Å². The quantitative estimate of drug-likeness (QED) is 0.865. The van der Waals surface area contributed by atoms with E-state index in [4.69, 9.17) is 0 Å². The number of aliphatic hydroxyl groups is 1. The molecule has 2 rings (SSSR count). The molecule has 3 atom stereocenters. The summed E-state index contributed by atoms with van der Waals surface area (Å²) in [5.41, 5.74) is 0. The van der Waals surface area contributed by atoms with Gasteiger partial charge in [0.1, 0.15) is 0 Å². The second kappa shape index (κ2) is 4.33. The molecule has 0 radical (unpaired) electrons. The van der Waals surface area contributed by atoms with Crippen molar-refractivity contribution in [3.05, 3.63) is 20.8 Å². The van der Waals surface area contributed by atoms with Gasteiger partial charge in [-0.3, -0.25) is 0 Å². The first-order chi connectivity index (χ1) is 6.68. The predicted octanol–water partition coefficient (Wildman–Crippen LogP) is 3.98. The summed E-state index contributed by atoms with van der Waals surface area (Å²) in [6.45, 7) is 2.27. The molecule has 14 heavy (non-hydrogen) atoms. The van der Waals surface area contributed by atoms with Crippen molar-refractivity contribution < 1.29 is 5.11 Å². The maximum Gasteiger partial charge on any atom is 0.0921 e. The van der Waals surface area contributed by atoms with Crippen molar-refractivity contribution in [2.75, 3.05) is 0 Å². The number of hydrogen-bond acceptors (Lipinski definition) is 2. The summed E-state index contributed by atoms with van der Waals surface area (Å²) in [7, 11) is 0. The fourth-order valence-corrected chi connectivity index (χ4v) is 3.95. The van der Waals surface area contributed by atoms with E-state index in [1.165, 1.54) is 19.3 Å². The highest BCUT2D eigenvalue weighted by molar-refractivity contribution is 9.10. The van der Waals surface area contributed by atoms with Gasteiger partial charge >= 0.3 is 0 Å². The fraction of sp³-hybridized carbons (Fsp3) is 0.636. The highest BCUT2D eigenvalue weighted by Gasteiger charge is 2.29. The Morgan fingerprint density at radius 3 is 2.86 bits per heavy atom. The van der Waals surface area contributed by atoms with Crippen LogP contribution < -0.4 is 0 Å². The van der Waals surface area contributed by atoms with Gasteiger partial charge in [-0.15, -0.1) is 11.3 Å². The van der Waals surface area contributed by atoms with E-state index in [0.717, 1.165) is 15.3 Å². The molecule has 0 saturated heterocycles. The summed E-state index contributed by atoms with van der Waals surface area (Å²) in [5.74, 6) is 1.26. The fourth-order valence-electron chi connectivity index (χ4n) is 2.27. The highest BCUT2D eigenvalue weighted by atomic mass is 79.9. The van der Waals surface area contributed by atoms with Crippen LogP contribution in [0.4, 0.5) is 0 Å². The third-order valence-corrected chi connectivity index (χ3v) is 5.04. The molecule has 0 amide bonds. The van der Waals surface area contributed by atoms with Gasteiger partial charge in [0.05, 0.1) is 6.10 Å². The summed E-state index contributed by atoms with van der Waals surface area (Å²) in [4.78, 5) is 1.10. The van der Waals surface area contributed by atoms with Crippen LogP contribution in [0.2, 0.25) is 0 Å². The smallest absolute Gasteiger partial charge is 0.0921 e. The molecule has 78 valence electrons. The monoisotopic (exact) mass is 274 g/mol. The van der Waals surface area contributed by atoms with E-state index in [1.54, 1.807) is 11.3 Å². The van der Waals surface area contributed by atoms with Crippen LogP contribution in [0, 0.1) is 11.8 Å². The number of thiophene rings is 1. The number of rotatable bonds is 2. The van der Waals surface area contributed by atoms with Crippen molar-refractivity contribution in [1.29, 1.82) is 0 Å². The SMILES string of the molecule is CC1CCC(C(O)c2sccc2Br)C1. The molecule has 1 heterocycles. The van der Waals surface area contributed by atoms with Crippen LogP contribution >= 0.6 is 27.3 Å². The van der Waals surface area contributed by atoms with Gasteiger partial charge in [0, 0.05) is 9.35 Å². The van der Waals surface area contributed by atoms with E-state index in [9.17, 15) is 5.11 Å². The lowest BCUT2D eigenvalue weighted by molar-refractivity contribution is 0.112. The highest BCUT2D eigenvalue weighted by Crippen LogP contribution is 2.42. The van der Waals surface area contributed by atoms with E-state index in [-0.39, 0.29) is 6.10 Å². The second-order valence-electron chi connectivity index (χ2n) is 4.26. The van der Waals surface area contributed by atoms with Gasteiger partial charge in [0.2, 0.25) is 0 Å². The zero-order valence-electron chi connectivity index (χ0n) is 8.24. The largest absolute Gasteiger partial charge is 0.387 e. The van der Waals surface area contributed by atoms with Crippen molar-refractivity contribution in [2.24, 2.45) is 11.8 Å². The summed E-state index contributed by atoms with van der Waals surface area (Å²) in [6, 6.07) is 2.02. The molecule has 0 bridgehead atoms. The van der Waals surface area contributed by atoms with Gasteiger partial charge in [0.25, 0.3) is 0 Å². The standard InChI is InChI=1S/C11H15BrOS/c1-7-2-3-8(6-7)10(13)11-9(12)4-5-14-11/h4-5,7-8,10,13H,2-3,6H2,1H3. The lowest BCUT2D eigenvalue weighted by atomic mass is 9.98. The van der Waals surface area contributed by atoms with Crippen molar-refractivity contribution in [3.8, 4) is 0 Å². The molecule has 3 unspecified atom stereocenters. The first kappa shape index (κ1) is 10.7. The Labute approximate surface area is 97.3 Å². The van der Waals surface area contributed by atoms with Crippen molar-refractivity contribution in [3.63, 3.8) is 0 Å². The third-order valence-electron chi connectivity index (χ3n) is 3.10. The lowest BCUT2D eigenvalue weighted by Gasteiger charge is -2.17. The molecule has 1 nitrogen and oxygen atoms in total. The number of aliphatic hydroxyl groups excluding tert-OH is 1. The molecule has 1 aromatic heterocycles. The average Bonchev–Trinajstić information content (AvgIpc) is 2.73. The summed E-state index contributed by atoms with van der Waals surface area (Å²) < 4.78 is 1.06. The molecule has 3 heteroatoms. The zero-order valence-corrected chi connectivity index (χ0v) is 10.6. The first-order valence-electron chi connectivity index (χ1n) is 5.09. The predicted molar refractivity (Wildman–Crippen MR) is 63.5 cm³/mol. The Balaban J connectivity index is 2.09. The Hall–Kier alpha value is 0.140. The van der Waals surface area contributed by atoms with Crippen LogP contribution in [0.25, 0.3) is 0 Å². The van der Waals surface area contributed by atoms with Crippen LogP contribution in [0.3, 0.4) is 0 Å². The zero-order chi connectivity index (χ0) is 10.1. The Morgan fingerprint density at radius 1 is 1.57 bits per heavy atom. The summed E-state index contributed by atoms with van der Waals surface area (Å²) in [6.07, 6.45) is 3.36. The van der Waals surface area contributed by atoms with E-state index < -0.39 is 0 Å². The molecule has 1 aliphatic rings. The molecule has 0 aromatic carbocycles. The minimum Gasteiger partial charge on any atom is -0.387 e. The summed E-state index contributed by atoms with van der Waals surface area (Å²) in [5, 5.41) is 12.2. The Bertz CT molecular complexity index is 310. The molecule has 1 aliphatic carbocycles. The van der Waals surface area contributed by atoms with Gasteiger partial charge < -0.3 is 5.11 Å². The molecule has 1 N–H and O–H groups in total. The lowest BCUT2D eigenvalue weighted by Crippen LogP contribution is -2.08. The van der Waals surface area contributed by atoms with Gasteiger partial charge in [0.15, 0.2) is 0 Å². The third kappa shape index (κ3) is 2.05. The van der Waals surface area contributed by atoms with Crippen LogP contribution in [0.15, 0.2) is 15.9 Å². The maximum absolute atomic E-state index is 10.2. The Morgan fingerprint density at radius 2 is 2.36 bits per heavy atom. The number of hydrogen-bond donors (Lipinski definition) is 1. The van der Waals surface area contributed by atoms with Crippen LogP contribution in [0.5, 0.6) is 0 Å². The van der Waals surface area contributed by atoms with E-state index >= 15 is 0 Å². The second-order valence-corrected chi connectivity index (χ2v) is 6.06. The molecule has 1 fully saturated rings. The molecule has 0 aliphatic heterocycles. The minimum absolute atomic E-state index is 0.255. The Kier molecular flexibility index (Phi) is 3.30. The normalized spacial score (nSPS) is 29.4. The topological polar surface area (TPSA) is 20.2 Å². The maximum atomic E-state index is 10.2. The molecular formula is C11H15BrOS. The molecule has 0 spiro atoms. The van der Waals surface area contributed by atoms with E-state index in [1.807, 2.05) is 11.4 Å². The van der Waals surface area contributed by atoms with Crippen LogP contribution in [0.1, 0.15) is 37.2 Å². The minimum atomic E-state index is -0.255. The van der Waals surface area contributed by atoms with Crippen LogP contribution in [-0.2, 0) is 0 Å². The summed E-state index contributed by atoms with van der Waals surface area (Å²) >= 11 is 5.13. The van der Waals surface area contributed by atoms with Gasteiger partial charge in [-0.2, -0.15) is 0 Å². The van der Waals surface area contributed by atoms with Crippen molar-refractivity contribution in [1.82, 2.24) is 0 Å². The van der Waals surface area contributed by atoms with Gasteiger partial charge in [-0.1, -0.05) is 13.3 Å². The molecule has 1 saturated carbocycles. The van der Waals surface area contributed by atoms with E-state index in [2.05, 4.69) is 22.9 Å². The van der Waals surface area contributed by atoms with Crippen molar-refractivity contribution in [2.45, 2.75) is 32.3 Å². The van der Waals surface area contributed by atoms with Gasteiger partial charge in [-0.25, -0.2) is 0 Å². The van der Waals surface area contributed by atoms with E-state index in [0.29, 0.717) is 5.92 Å². The van der Waals surface area contributed by atoms with Crippen LogP contribution in [-0.4, -0.2) is 5.11 Å². The number of halogens is 1.